The molecule has 2 rings (SSSR count). The minimum atomic E-state index is -0.0476. The molecule has 1 aliphatic rings. The second-order valence-electron chi connectivity index (χ2n) is 5.55. The van der Waals surface area contributed by atoms with Gasteiger partial charge in [0.25, 0.3) is 0 Å². The zero-order valence-electron chi connectivity index (χ0n) is 13.1. The maximum Gasteiger partial charge on any atom is 0.238 e. The lowest BCUT2D eigenvalue weighted by atomic mass is 10.1. The summed E-state index contributed by atoms with van der Waals surface area (Å²) in [6, 6.07) is 7.38. The van der Waals surface area contributed by atoms with Crippen LogP contribution in [-0.4, -0.2) is 49.5 Å². The van der Waals surface area contributed by atoms with Crippen LogP contribution < -0.4 is 15.4 Å². The summed E-state index contributed by atoms with van der Waals surface area (Å²) in [6.07, 6.45) is 1.96. The molecule has 0 aromatic heterocycles. The van der Waals surface area contributed by atoms with Crippen LogP contribution in [0.3, 0.4) is 0 Å². The van der Waals surface area contributed by atoms with Crippen LogP contribution in [0.5, 0.6) is 5.75 Å². The van der Waals surface area contributed by atoms with Crippen LogP contribution in [0.4, 0.5) is 5.69 Å². The van der Waals surface area contributed by atoms with Crippen molar-refractivity contribution in [3.05, 3.63) is 24.3 Å². The number of hydrogen-bond acceptors (Lipinski definition) is 4. The number of carbonyl (C=O) groups excluding carboxylic acids is 2. The SMILES string of the molecule is COc1ccc(NC(=O)CN2CCCC(NC(C)=O)C2)cc1. The van der Waals surface area contributed by atoms with Crippen molar-refractivity contribution in [2.45, 2.75) is 25.8 Å². The molecule has 6 nitrogen and oxygen atoms in total. The standard InChI is InChI=1S/C16H23N3O3/c1-12(20)17-14-4-3-9-19(10-14)11-16(21)18-13-5-7-15(22-2)8-6-13/h5-8,14H,3-4,9-11H2,1-2H3,(H,17,20)(H,18,21). The normalized spacial score (nSPS) is 18.5. The second-order valence-corrected chi connectivity index (χ2v) is 5.55. The van der Waals surface area contributed by atoms with E-state index >= 15 is 0 Å². The lowest BCUT2D eigenvalue weighted by molar-refractivity contribution is -0.120. The number of likely N-dealkylation sites (tertiary alicyclic amines) is 1. The molecule has 1 fully saturated rings. The van der Waals surface area contributed by atoms with E-state index in [9.17, 15) is 9.59 Å². The molecule has 1 unspecified atom stereocenters. The lowest BCUT2D eigenvalue weighted by Gasteiger charge is -2.32. The maximum absolute atomic E-state index is 12.1. The summed E-state index contributed by atoms with van der Waals surface area (Å²) in [5.74, 6) is 0.690. The maximum atomic E-state index is 12.1. The molecule has 120 valence electrons. The van der Waals surface area contributed by atoms with Crippen LogP contribution in [0.25, 0.3) is 0 Å². The molecule has 22 heavy (non-hydrogen) atoms. The molecule has 1 aliphatic heterocycles. The van der Waals surface area contributed by atoms with Gasteiger partial charge in [-0.2, -0.15) is 0 Å². The number of carbonyl (C=O) groups is 2. The molecular weight excluding hydrogens is 282 g/mol. The number of nitrogens with one attached hydrogen (secondary N) is 2. The van der Waals surface area contributed by atoms with Gasteiger partial charge in [0.2, 0.25) is 11.8 Å². The van der Waals surface area contributed by atoms with Gasteiger partial charge in [0.05, 0.1) is 13.7 Å². The molecule has 1 aromatic carbocycles. The third-order valence-electron chi connectivity index (χ3n) is 3.65. The van der Waals surface area contributed by atoms with Gasteiger partial charge in [-0.1, -0.05) is 0 Å². The van der Waals surface area contributed by atoms with Gasteiger partial charge >= 0.3 is 0 Å². The van der Waals surface area contributed by atoms with Gasteiger partial charge in [-0.25, -0.2) is 0 Å². The van der Waals surface area contributed by atoms with Gasteiger partial charge in [-0.3, -0.25) is 14.5 Å². The average molecular weight is 305 g/mol. The van der Waals surface area contributed by atoms with Crippen molar-refractivity contribution in [3.8, 4) is 5.75 Å². The number of piperidine rings is 1. The van der Waals surface area contributed by atoms with Crippen LogP contribution in [0.1, 0.15) is 19.8 Å². The highest BCUT2D eigenvalue weighted by Crippen LogP contribution is 2.15. The van der Waals surface area contributed by atoms with E-state index in [1.54, 1.807) is 7.11 Å². The molecule has 6 heteroatoms. The second kappa shape index (κ2) is 7.79. The van der Waals surface area contributed by atoms with Crippen LogP contribution in [-0.2, 0) is 9.59 Å². The third kappa shape index (κ3) is 5.04. The minimum absolute atomic E-state index is 0.0189. The summed E-state index contributed by atoms with van der Waals surface area (Å²) in [5, 5.41) is 5.79. The summed E-state index contributed by atoms with van der Waals surface area (Å²) in [7, 11) is 1.61. The highest BCUT2D eigenvalue weighted by molar-refractivity contribution is 5.92. The Balaban J connectivity index is 1.81. The van der Waals surface area contributed by atoms with E-state index < -0.39 is 0 Å². The predicted molar refractivity (Wildman–Crippen MR) is 84.9 cm³/mol. The molecule has 0 bridgehead atoms. The van der Waals surface area contributed by atoms with Crippen LogP contribution >= 0.6 is 0 Å². The Labute approximate surface area is 130 Å². The van der Waals surface area contributed by atoms with Crippen LogP contribution in [0, 0.1) is 0 Å². The molecule has 0 saturated carbocycles. The van der Waals surface area contributed by atoms with Crippen molar-refractivity contribution >= 4 is 17.5 Å². The molecule has 1 aromatic rings. The van der Waals surface area contributed by atoms with Crippen molar-refractivity contribution in [2.24, 2.45) is 0 Å². The van der Waals surface area contributed by atoms with E-state index in [1.807, 2.05) is 24.3 Å². The highest BCUT2D eigenvalue weighted by Gasteiger charge is 2.21. The Morgan fingerprint density at radius 1 is 1.32 bits per heavy atom. The molecule has 2 N–H and O–H groups in total. The number of anilines is 1. The number of amides is 2. The summed E-state index contributed by atoms with van der Waals surface area (Å²) >= 11 is 0. The number of benzene rings is 1. The fourth-order valence-corrected chi connectivity index (χ4v) is 2.68. The smallest absolute Gasteiger partial charge is 0.238 e. The summed E-state index contributed by atoms with van der Waals surface area (Å²) < 4.78 is 5.08. The average Bonchev–Trinajstić information content (AvgIpc) is 2.47. The first-order chi connectivity index (χ1) is 10.6. The van der Waals surface area contributed by atoms with Gasteiger partial charge in [0, 0.05) is 25.2 Å². The predicted octanol–water partition coefficient (Wildman–Crippen LogP) is 1.23. The van der Waals surface area contributed by atoms with E-state index in [4.69, 9.17) is 4.74 Å². The van der Waals surface area contributed by atoms with Gasteiger partial charge < -0.3 is 15.4 Å². The number of ether oxygens (including phenoxy) is 1. The first-order valence-electron chi connectivity index (χ1n) is 7.50. The van der Waals surface area contributed by atoms with Crippen molar-refractivity contribution in [1.82, 2.24) is 10.2 Å². The van der Waals surface area contributed by atoms with Gasteiger partial charge in [-0.15, -0.1) is 0 Å². The Kier molecular flexibility index (Phi) is 5.77. The summed E-state index contributed by atoms with van der Waals surface area (Å²) in [4.78, 5) is 25.3. The number of nitrogens with zero attached hydrogens (tertiary/aromatic N) is 1. The van der Waals surface area contributed by atoms with E-state index in [0.29, 0.717) is 6.54 Å². The molecule has 1 atom stereocenters. The number of rotatable bonds is 5. The fraction of sp³-hybridized carbons (Fsp3) is 0.500. The van der Waals surface area contributed by atoms with Gasteiger partial charge in [-0.05, 0) is 43.7 Å². The number of hydrogen-bond donors (Lipinski definition) is 2. The summed E-state index contributed by atoms with van der Waals surface area (Å²) in [5.41, 5.74) is 0.751. The molecule has 0 spiro atoms. The van der Waals surface area contributed by atoms with E-state index in [1.165, 1.54) is 6.92 Å². The zero-order chi connectivity index (χ0) is 15.9. The molecule has 1 saturated heterocycles. The van der Waals surface area contributed by atoms with Crippen molar-refractivity contribution in [2.75, 3.05) is 32.1 Å². The summed E-state index contributed by atoms with van der Waals surface area (Å²) in [6.45, 7) is 3.46. The Morgan fingerprint density at radius 2 is 2.05 bits per heavy atom. The molecule has 2 amide bonds. The minimum Gasteiger partial charge on any atom is -0.497 e. The Hall–Kier alpha value is -2.08. The fourth-order valence-electron chi connectivity index (χ4n) is 2.68. The number of methoxy groups -OCH3 is 1. The Morgan fingerprint density at radius 3 is 2.68 bits per heavy atom. The van der Waals surface area contributed by atoms with Crippen LogP contribution in [0.2, 0.25) is 0 Å². The van der Waals surface area contributed by atoms with E-state index in [-0.39, 0.29) is 17.9 Å². The largest absolute Gasteiger partial charge is 0.497 e. The molecule has 0 radical (unpaired) electrons. The van der Waals surface area contributed by atoms with Crippen molar-refractivity contribution in [3.63, 3.8) is 0 Å². The van der Waals surface area contributed by atoms with Crippen LogP contribution in [0.15, 0.2) is 24.3 Å². The first kappa shape index (κ1) is 16.3. The molecule has 0 aliphatic carbocycles. The third-order valence-corrected chi connectivity index (χ3v) is 3.65. The quantitative estimate of drug-likeness (QED) is 0.858. The lowest BCUT2D eigenvalue weighted by Crippen LogP contribution is -2.49. The highest BCUT2D eigenvalue weighted by atomic mass is 16.5. The molecular formula is C16H23N3O3. The molecule has 1 heterocycles. The Bertz CT molecular complexity index is 516. The monoisotopic (exact) mass is 305 g/mol. The van der Waals surface area contributed by atoms with Crippen molar-refractivity contribution < 1.29 is 14.3 Å². The van der Waals surface area contributed by atoms with E-state index in [2.05, 4.69) is 15.5 Å². The van der Waals surface area contributed by atoms with Gasteiger partial charge in [0.1, 0.15) is 5.75 Å². The zero-order valence-corrected chi connectivity index (χ0v) is 13.1. The van der Waals surface area contributed by atoms with Gasteiger partial charge in [0.15, 0.2) is 0 Å². The van der Waals surface area contributed by atoms with Crippen molar-refractivity contribution in [1.29, 1.82) is 0 Å². The van der Waals surface area contributed by atoms with E-state index in [0.717, 1.165) is 37.4 Å². The topological polar surface area (TPSA) is 70.7 Å². The first-order valence-corrected chi connectivity index (χ1v) is 7.50.